The normalized spacial score (nSPS) is 15.6. The predicted molar refractivity (Wildman–Crippen MR) is 98.1 cm³/mol. The quantitative estimate of drug-likeness (QED) is 0.913. The lowest BCUT2D eigenvalue weighted by Crippen LogP contribution is -2.45. The number of hydrogen-bond donors (Lipinski definition) is 1. The molecule has 0 aromatic heterocycles. The van der Waals surface area contributed by atoms with Crippen LogP contribution in [0, 0.1) is 6.92 Å². The standard InChI is InChI=1S/C21H26N2O/c1-3-19(14-22-21(24)20-11-7-4-8-16(20)2)23-13-12-17-9-5-6-10-18(17)15-23/h4-11,19H,3,12-15H2,1-2H3,(H,22,24). The number of nitrogens with one attached hydrogen (secondary N) is 1. The van der Waals surface area contributed by atoms with Gasteiger partial charge in [0.1, 0.15) is 0 Å². The van der Waals surface area contributed by atoms with E-state index in [1.165, 1.54) is 11.1 Å². The van der Waals surface area contributed by atoms with Crippen molar-refractivity contribution in [3.05, 3.63) is 70.8 Å². The zero-order chi connectivity index (χ0) is 16.9. The number of fused-ring (bicyclic) bond motifs is 1. The summed E-state index contributed by atoms with van der Waals surface area (Å²) in [6, 6.07) is 16.8. The highest BCUT2D eigenvalue weighted by Gasteiger charge is 2.22. The summed E-state index contributed by atoms with van der Waals surface area (Å²) in [5, 5.41) is 3.13. The highest BCUT2D eigenvalue weighted by atomic mass is 16.1. The van der Waals surface area contributed by atoms with Crippen molar-refractivity contribution in [3.63, 3.8) is 0 Å². The third-order valence-electron chi connectivity index (χ3n) is 5.04. The van der Waals surface area contributed by atoms with Gasteiger partial charge in [0.25, 0.3) is 5.91 Å². The molecule has 1 amide bonds. The first-order chi connectivity index (χ1) is 11.7. The van der Waals surface area contributed by atoms with Crippen LogP contribution < -0.4 is 5.32 Å². The Morgan fingerprint density at radius 1 is 1.12 bits per heavy atom. The average Bonchev–Trinajstić information content (AvgIpc) is 2.62. The summed E-state index contributed by atoms with van der Waals surface area (Å²) in [5.74, 6) is 0.0314. The molecular formula is C21H26N2O. The molecule has 2 aromatic rings. The zero-order valence-corrected chi connectivity index (χ0v) is 14.6. The summed E-state index contributed by atoms with van der Waals surface area (Å²) in [4.78, 5) is 14.9. The van der Waals surface area contributed by atoms with E-state index >= 15 is 0 Å². The van der Waals surface area contributed by atoms with E-state index in [2.05, 4.69) is 41.4 Å². The molecule has 0 saturated carbocycles. The molecule has 1 unspecified atom stereocenters. The monoisotopic (exact) mass is 322 g/mol. The smallest absolute Gasteiger partial charge is 0.251 e. The van der Waals surface area contributed by atoms with Crippen molar-refractivity contribution in [1.82, 2.24) is 10.2 Å². The molecule has 1 heterocycles. The van der Waals surface area contributed by atoms with Crippen molar-refractivity contribution < 1.29 is 4.79 Å². The summed E-state index contributed by atoms with van der Waals surface area (Å²) < 4.78 is 0. The van der Waals surface area contributed by atoms with Crippen molar-refractivity contribution in [1.29, 1.82) is 0 Å². The van der Waals surface area contributed by atoms with Gasteiger partial charge in [-0.2, -0.15) is 0 Å². The predicted octanol–water partition coefficient (Wildman–Crippen LogP) is 3.56. The van der Waals surface area contributed by atoms with Crippen molar-refractivity contribution in [2.75, 3.05) is 13.1 Å². The van der Waals surface area contributed by atoms with E-state index in [1.54, 1.807) is 0 Å². The lowest BCUT2D eigenvalue weighted by Gasteiger charge is -2.35. The topological polar surface area (TPSA) is 32.3 Å². The first-order valence-electron chi connectivity index (χ1n) is 8.83. The zero-order valence-electron chi connectivity index (χ0n) is 14.6. The van der Waals surface area contributed by atoms with E-state index in [9.17, 15) is 4.79 Å². The molecule has 1 N–H and O–H groups in total. The molecule has 1 aliphatic rings. The SMILES string of the molecule is CCC(CNC(=O)c1ccccc1C)N1CCc2ccccc2C1. The summed E-state index contributed by atoms with van der Waals surface area (Å²) >= 11 is 0. The van der Waals surface area contributed by atoms with E-state index in [1.807, 2.05) is 31.2 Å². The second kappa shape index (κ2) is 7.63. The third-order valence-corrected chi connectivity index (χ3v) is 5.04. The van der Waals surface area contributed by atoms with E-state index in [0.717, 1.165) is 37.1 Å². The molecule has 3 heteroatoms. The van der Waals surface area contributed by atoms with Gasteiger partial charge in [-0.15, -0.1) is 0 Å². The molecule has 3 nitrogen and oxygen atoms in total. The Morgan fingerprint density at radius 2 is 1.83 bits per heavy atom. The Labute approximate surface area is 144 Å². The number of rotatable bonds is 5. The first kappa shape index (κ1) is 16.7. The number of aryl methyl sites for hydroxylation is 1. The minimum atomic E-state index is 0.0314. The number of nitrogens with zero attached hydrogens (tertiary/aromatic N) is 1. The minimum absolute atomic E-state index is 0.0314. The van der Waals surface area contributed by atoms with Gasteiger partial charge in [-0.05, 0) is 42.5 Å². The van der Waals surface area contributed by atoms with Crippen LogP contribution in [0.4, 0.5) is 0 Å². The maximum absolute atomic E-state index is 12.4. The molecule has 0 bridgehead atoms. The molecule has 0 radical (unpaired) electrons. The second-order valence-corrected chi connectivity index (χ2v) is 6.58. The number of benzene rings is 2. The van der Waals surface area contributed by atoms with Crippen molar-refractivity contribution in [2.24, 2.45) is 0 Å². The minimum Gasteiger partial charge on any atom is -0.350 e. The number of carbonyl (C=O) groups is 1. The molecule has 126 valence electrons. The highest BCUT2D eigenvalue weighted by molar-refractivity contribution is 5.95. The molecule has 0 spiro atoms. The first-order valence-corrected chi connectivity index (χ1v) is 8.83. The fraction of sp³-hybridized carbons (Fsp3) is 0.381. The van der Waals surface area contributed by atoms with Crippen LogP contribution in [-0.2, 0) is 13.0 Å². The van der Waals surface area contributed by atoms with Gasteiger partial charge in [-0.25, -0.2) is 0 Å². The van der Waals surface area contributed by atoms with Gasteiger partial charge < -0.3 is 5.32 Å². The largest absolute Gasteiger partial charge is 0.350 e. The van der Waals surface area contributed by atoms with Crippen LogP contribution in [0.5, 0.6) is 0 Å². The van der Waals surface area contributed by atoms with Crippen molar-refractivity contribution in [3.8, 4) is 0 Å². The van der Waals surface area contributed by atoms with E-state index in [0.29, 0.717) is 12.6 Å². The molecule has 2 aromatic carbocycles. The van der Waals surface area contributed by atoms with Crippen LogP contribution in [0.25, 0.3) is 0 Å². The third kappa shape index (κ3) is 3.68. The molecule has 24 heavy (non-hydrogen) atoms. The van der Waals surface area contributed by atoms with Crippen molar-refractivity contribution >= 4 is 5.91 Å². The van der Waals surface area contributed by atoms with Crippen LogP contribution in [0.3, 0.4) is 0 Å². The Morgan fingerprint density at radius 3 is 2.58 bits per heavy atom. The van der Waals surface area contributed by atoms with Crippen LogP contribution in [-0.4, -0.2) is 29.9 Å². The molecule has 3 rings (SSSR count). The van der Waals surface area contributed by atoms with E-state index in [-0.39, 0.29) is 5.91 Å². The Balaban J connectivity index is 1.62. The summed E-state index contributed by atoms with van der Waals surface area (Å²) in [5.41, 5.74) is 4.69. The van der Waals surface area contributed by atoms with E-state index in [4.69, 9.17) is 0 Å². The van der Waals surface area contributed by atoms with Gasteiger partial charge in [0, 0.05) is 31.2 Å². The van der Waals surface area contributed by atoms with Crippen LogP contribution >= 0.6 is 0 Å². The Kier molecular flexibility index (Phi) is 5.31. The van der Waals surface area contributed by atoms with Gasteiger partial charge in [-0.3, -0.25) is 9.69 Å². The Hall–Kier alpha value is -2.13. The lowest BCUT2D eigenvalue weighted by molar-refractivity contribution is 0.0925. The molecule has 0 saturated heterocycles. The second-order valence-electron chi connectivity index (χ2n) is 6.58. The van der Waals surface area contributed by atoms with Crippen LogP contribution in [0.15, 0.2) is 48.5 Å². The van der Waals surface area contributed by atoms with Gasteiger partial charge in [-0.1, -0.05) is 49.4 Å². The van der Waals surface area contributed by atoms with Gasteiger partial charge in [0.05, 0.1) is 0 Å². The molecule has 0 fully saturated rings. The van der Waals surface area contributed by atoms with Gasteiger partial charge in [0.2, 0.25) is 0 Å². The summed E-state index contributed by atoms with van der Waals surface area (Å²) in [6.45, 7) is 6.93. The fourth-order valence-corrected chi connectivity index (χ4v) is 3.49. The molecular weight excluding hydrogens is 296 g/mol. The maximum atomic E-state index is 12.4. The number of carbonyl (C=O) groups excluding carboxylic acids is 1. The fourth-order valence-electron chi connectivity index (χ4n) is 3.49. The highest BCUT2D eigenvalue weighted by Crippen LogP contribution is 2.21. The van der Waals surface area contributed by atoms with Gasteiger partial charge in [0.15, 0.2) is 0 Å². The molecule has 1 aliphatic heterocycles. The average molecular weight is 322 g/mol. The summed E-state index contributed by atoms with van der Waals surface area (Å²) in [6.07, 6.45) is 2.13. The lowest BCUT2D eigenvalue weighted by atomic mass is 9.98. The van der Waals surface area contributed by atoms with E-state index < -0.39 is 0 Å². The summed E-state index contributed by atoms with van der Waals surface area (Å²) in [7, 11) is 0. The van der Waals surface area contributed by atoms with Crippen LogP contribution in [0.1, 0.15) is 40.4 Å². The Bertz CT molecular complexity index is 710. The van der Waals surface area contributed by atoms with Crippen LogP contribution in [0.2, 0.25) is 0 Å². The maximum Gasteiger partial charge on any atom is 0.251 e. The molecule has 0 aliphatic carbocycles. The molecule has 1 atom stereocenters. The van der Waals surface area contributed by atoms with Crippen molar-refractivity contribution in [2.45, 2.75) is 39.3 Å². The van der Waals surface area contributed by atoms with Gasteiger partial charge >= 0.3 is 0 Å². The number of amides is 1. The number of hydrogen-bond acceptors (Lipinski definition) is 2.